The molecule has 4 N–H and O–H groups in total. The van der Waals surface area contributed by atoms with E-state index in [1.807, 2.05) is 22.6 Å². The number of nitrogens with zero attached hydrogens (tertiary/aromatic N) is 1. The number of primary amides is 1. The van der Waals surface area contributed by atoms with Crippen molar-refractivity contribution in [1.29, 1.82) is 0 Å². The Hall–Kier alpha value is -2.34. The molecule has 0 aliphatic heterocycles. The van der Waals surface area contributed by atoms with E-state index in [1.54, 1.807) is 25.1 Å². The van der Waals surface area contributed by atoms with Gasteiger partial charge < -0.3 is 20.8 Å². The lowest BCUT2D eigenvalue weighted by molar-refractivity contribution is -0.175. The van der Waals surface area contributed by atoms with Crippen molar-refractivity contribution in [2.45, 2.75) is 24.9 Å². The zero-order valence-electron chi connectivity index (χ0n) is 16.8. The lowest BCUT2D eigenvalue weighted by atomic mass is 9.54. The van der Waals surface area contributed by atoms with Crippen molar-refractivity contribution in [1.82, 2.24) is 0 Å². The van der Waals surface area contributed by atoms with Crippen LogP contribution in [0.3, 0.4) is 0 Å². The molecule has 0 radical (unpaired) electrons. The number of benzene rings is 1. The van der Waals surface area contributed by atoms with Crippen LogP contribution in [0, 0.1) is 27.2 Å². The summed E-state index contributed by atoms with van der Waals surface area (Å²) in [6, 6.07) is 1.74. The van der Waals surface area contributed by atoms with Crippen molar-refractivity contribution < 1.29 is 34.2 Å². The monoisotopic (exact) mass is 540 g/mol. The number of Topliss-reactive ketones (excluding diaryl/α,β-unsaturated/α-hetero) is 4. The van der Waals surface area contributed by atoms with Gasteiger partial charge in [0, 0.05) is 32.1 Å². The van der Waals surface area contributed by atoms with E-state index >= 15 is 0 Å². The molecular weight excluding hydrogens is 519 g/mol. The van der Waals surface area contributed by atoms with E-state index in [4.69, 9.17) is 5.73 Å². The number of carbonyl (C=O) groups is 5. The van der Waals surface area contributed by atoms with Gasteiger partial charge in [0.2, 0.25) is 5.91 Å². The van der Waals surface area contributed by atoms with Gasteiger partial charge in [0.05, 0.1) is 15.1 Å². The Balaban J connectivity index is 1.85. The second kappa shape index (κ2) is 7.09. The van der Waals surface area contributed by atoms with E-state index < -0.39 is 58.3 Å². The van der Waals surface area contributed by atoms with Gasteiger partial charge in [-0.2, -0.15) is 0 Å². The predicted molar refractivity (Wildman–Crippen MR) is 116 cm³/mol. The molecule has 4 rings (SSSR count). The molecule has 0 spiro atoms. The minimum atomic E-state index is -2.62. The van der Waals surface area contributed by atoms with Crippen molar-refractivity contribution >= 4 is 57.3 Å². The maximum Gasteiger partial charge on any atom is 0.235 e. The number of phenols is 1. The molecular formula is C21H21IN2O7. The van der Waals surface area contributed by atoms with E-state index in [0.29, 0.717) is 9.13 Å². The van der Waals surface area contributed by atoms with Crippen LogP contribution in [0.1, 0.15) is 28.8 Å². The molecule has 9 nitrogen and oxygen atoms in total. The smallest absolute Gasteiger partial charge is 0.235 e. The fourth-order valence-corrected chi connectivity index (χ4v) is 5.95. The molecule has 164 valence electrons. The summed E-state index contributed by atoms with van der Waals surface area (Å²) in [5, 5.41) is 21.8. The predicted octanol–water partition coefficient (Wildman–Crippen LogP) is -0.00250. The topological polar surface area (TPSA) is 155 Å². The Morgan fingerprint density at radius 2 is 1.84 bits per heavy atom. The van der Waals surface area contributed by atoms with Crippen molar-refractivity contribution in [3.05, 3.63) is 20.8 Å². The van der Waals surface area contributed by atoms with Crippen LogP contribution in [-0.2, 0) is 25.6 Å². The highest BCUT2D eigenvalue weighted by Gasteiger charge is 2.66. The zero-order chi connectivity index (χ0) is 23.0. The molecule has 2 fully saturated rings. The van der Waals surface area contributed by atoms with E-state index in [-0.39, 0.29) is 30.6 Å². The Labute approximate surface area is 191 Å². The summed E-state index contributed by atoms with van der Waals surface area (Å²) in [6.07, 6.45) is 0.00861. The maximum absolute atomic E-state index is 13.4. The number of aromatic hydroxyl groups is 1. The minimum absolute atomic E-state index is 0.0121. The number of aliphatic hydroxyl groups is 1. The summed E-state index contributed by atoms with van der Waals surface area (Å²) in [5.74, 6) is -9.92. The Morgan fingerprint density at radius 1 is 1.19 bits per heavy atom. The van der Waals surface area contributed by atoms with Crippen LogP contribution in [-0.4, -0.2) is 58.9 Å². The van der Waals surface area contributed by atoms with Crippen molar-refractivity contribution in [2.75, 3.05) is 19.0 Å². The lowest BCUT2D eigenvalue weighted by Crippen LogP contribution is -2.68. The highest BCUT2D eigenvalue weighted by Crippen LogP contribution is 2.51. The Morgan fingerprint density at radius 3 is 2.42 bits per heavy atom. The fraction of sp³-hybridized carbons (Fsp3) is 0.476. The number of anilines is 1. The first-order valence-corrected chi connectivity index (χ1v) is 10.9. The number of carbonyl (C=O) groups excluding carboxylic acids is 5. The van der Waals surface area contributed by atoms with Gasteiger partial charge in [-0.15, -0.1) is 0 Å². The normalized spacial score (nSPS) is 32.3. The van der Waals surface area contributed by atoms with Crippen LogP contribution >= 0.6 is 22.6 Å². The van der Waals surface area contributed by atoms with E-state index in [9.17, 15) is 34.2 Å². The highest BCUT2D eigenvalue weighted by molar-refractivity contribution is 14.1. The second-order valence-corrected chi connectivity index (χ2v) is 9.88. The van der Waals surface area contributed by atoms with E-state index in [0.717, 1.165) is 5.69 Å². The Kier molecular flexibility index (Phi) is 5.00. The van der Waals surface area contributed by atoms with Gasteiger partial charge >= 0.3 is 0 Å². The van der Waals surface area contributed by atoms with Gasteiger partial charge in [0.25, 0.3) is 0 Å². The number of rotatable bonds is 2. The van der Waals surface area contributed by atoms with Crippen molar-refractivity contribution in [2.24, 2.45) is 29.4 Å². The van der Waals surface area contributed by atoms with Gasteiger partial charge in [-0.25, -0.2) is 0 Å². The number of ketones is 4. The van der Waals surface area contributed by atoms with Crippen LogP contribution in [0.15, 0.2) is 6.07 Å². The largest absolute Gasteiger partial charge is 0.506 e. The fourth-order valence-electron chi connectivity index (χ4n) is 5.38. The molecule has 0 bridgehead atoms. The molecule has 5 atom stereocenters. The van der Waals surface area contributed by atoms with Crippen LogP contribution in [0.25, 0.3) is 0 Å². The summed E-state index contributed by atoms with van der Waals surface area (Å²) < 4.78 is 0.430. The van der Waals surface area contributed by atoms with Crippen LogP contribution in [0.2, 0.25) is 0 Å². The number of hydrogen-bond acceptors (Lipinski definition) is 8. The standard InChI is InChI=1S/C21H21IN2O7/c1-24(2)11-6-10(22)16(26)14-9(11)4-7-3-8-5-12(25)15(20(23)30)19(29)21(8,31)18(28)13(7)17(14)27/h6-8,13,15,26,31H,3-5H2,1-2H3,(H2,23,30)/t7?,8?,13?,15?,21-/m0/s1. The molecule has 2 saturated carbocycles. The molecule has 1 amide bonds. The second-order valence-electron chi connectivity index (χ2n) is 8.71. The molecule has 1 aromatic carbocycles. The van der Waals surface area contributed by atoms with Crippen molar-refractivity contribution in [3.8, 4) is 5.75 Å². The third kappa shape index (κ3) is 2.87. The molecule has 10 heteroatoms. The summed E-state index contributed by atoms with van der Waals surface area (Å²) >= 11 is 1.89. The lowest BCUT2D eigenvalue weighted by Gasteiger charge is -2.48. The van der Waals surface area contributed by atoms with Crippen LogP contribution < -0.4 is 10.6 Å². The number of hydrogen-bond donors (Lipinski definition) is 3. The third-order valence-electron chi connectivity index (χ3n) is 6.81. The highest BCUT2D eigenvalue weighted by atomic mass is 127. The first kappa shape index (κ1) is 21.9. The van der Waals surface area contributed by atoms with Gasteiger partial charge in [0.15, 0.2) is 34.7 Å². The van der Waals surface area contributed by atoms with E-state index in [1.165, 1.54) is 0 Å². The third-order valence-corrected chi connectivity index (χ3v) is 7.64. The number of fused-ring (bicyclic) bond motifs is 3. The first-order valence-electron chi connectivity index (χ1n) is 9.80. The average Bonchev–Trinajstić information content (AvgIpc) is 2.66. The molecule has 3 aliphatic rings. The molecule has 0 aromatic heterocycles. The molecule has 31 heavy (non-hydrogen) atoms. The summed E-state index contributed by atoms with van der Waals surface area (Å²) in [7, 11) is 3.60. The Bertz CT molecular complexity index is 1080. The quantitative estimate of drug-likeness (QED) is 0.350. The van der Waals surface area contributed by atoms with Crippen molar-refractivity contribution in [3.63, 3.8) is 0 Å². The number of amides is 1. The summed E-state index contributed by atoms with van der Waals surface area (Å²) in [6.45, 7) is 0. The molecule has 1 aromatic rings. The number of nitrogens with two attached hydrogens (primary N) is 1. The van der Waals surface area contributed by atoms with Crippen LogP contribution in [0.4, 0.5) is 5.69 Å². The zero-order valence-corrected chi connectivity index (χ0v) is 19.0. The number of phenolic OH excluding ortho intramolecular Hbond substituents is 1. The summed E-state index contributed by atoms with van der Waals surface area (Å²) in [5.41, 5.74) is 3.88. The molecule has 0 heterocycles. The maximum atomic E-state index is 13.4. The van der Waals surface area contributed by atoms with E-state index in [2.05, 4.69) is 0 Å². The molecule has 4 unspecified atom stereocenters. The SMILES string of the molecule is CN(C)c1cc(I)c(O)c2c1CC1CC3CC(=O)C(C(N)=O)C(=O)[C@@]3(O)C(=O)C1C2=O. The number of halogens is 1. The first-order chi connectivity index (χ1) is 14.4. The average molecular weight is 540 g/mol. The van der Waals surface area contributed by atoms with Gasteiger partial charge in [-0.05, 0) is 53.0 Å². The minimum Gasteiger partial charge on any atom is -0.506 e. The molecule has 3 aliphatic carbocycles. The van der Waals surface area contributed by atoms with Gasteiger partial charge in [-0.1, -0.05) is 0 Å². The molecule has 0 saturated heterocycles. The summed E-state index contributed by atoms with van der Waals surface area (Å²) in [4.78, 5) is 65.5. The van der Waals surface area contributed by atoms with Gasteiger partial charge in [-0.3, -0.25) is 24.0 Å². The van der Waals surface area contributed by atoms with Crippen LogP contribution in [0.5, 0.6) is 5.75 Å². The van der Waals surface area contributed by atoms with Gasteiger partial charge in [0.1, 0.15) is 5.75 Å².